The minimum absolute atomic E-state index is 0.0939. The molecule has 1 saturated heterocycles. The van der Waals surface area contributed by atoms with E-state index in [-0.39, 0.29) is 30.6 Å². The van der Waals surface area contributed by atoms with Crippen molar-refractivity contribution in [3.05, 3.63) is 64.7 Å². The molecule has 2 aromatic rings. The molecular formula is C26H35N7O5. The number of nitrogens with two attached hydrogens (primary N) is 1. The lowest BCUT2D eigenvalue weighted by molar-refractivity contribution is -0.384. The Balaban J connectivity index is 1.87. The number of nitrogens with zero attached hydrogens (tertiary/aromatic N) is 2. The number of nitro benzene ring substituents is 1. The van der Waals surface area contributed by atoms with Gasteiger partial charge in [0.1, 0.15) is 11.8 Å². The molecule has 0 spiro atoms. The van der Waals surface area contributed by atoms with Gasteiger partial charge in [-0.15, -0.1) is 0 Å². The van der Waals surface area contributed by atoms with Crippen molar-refractivity contribution in [2.24, 2.45) is 5.73 Å². The molecule has 0 aliphatic carbocycles. The van der Waals surface area contributed by atoms with Crippen LogP contribution < -0.4 is 26.4 Å². The summed E-state index contributed by atoms with van der Waals surface area (Å²) in [6, 6.07) is 13.6. The van der Waals surface area contributed by atoms with Crippen molar-refractivity contribution in [2.75, 3.05) is 25.0 Å². The first-order valence-corrected chi connectivity index (χ1v) is 12.6. The quantitative estimate of drug-likeness (QED) is 0.0923. The molecule has 1 aliphatic rings. The van der Waals surface area contributed by atoms with Gasteiger partial charge in [-0.2, -0.15) is 0 Å². The molecule has 0 aromatic heterocycles. The zero-order valence-corrected chi connectivity index (χ0v) is 21.4. The van der Waals surface area contributed by atoms with Gasteiger partial charge in [0, 0.05) is 24.4 Å². The molecule has 6 N–H and O–H groups in total. The van der Waals surface area contributed by atoms with Gasteiger partial charge in [0.25, 0.3) is 11.6 Å². The number of non-ortho nitro benzene ring substituents is 1. The minimum Gasteiger partial charge on any atom is -0.484 e. The lowest BCUT2D eigenvalue weighted by atomic mass is 9.94. The Kier molecular flexibility index (Phi) is 9.99. The number of rotatable bonds is 12. The number of anilines is 1. The molecule has 2 aromatic carbocycles. The second kappa shape index (κ2) is 13.4. The Hall–Kier alpha value is -4.19. The number of carbonyl (C=O) groups is 2. The number of hydrogen-bond acceptors (Lipinski definition) is 7. The maximum atomic E-state index is 13.7. The number of hydrogen-bond donors (Lipinski definition) is 5. The third kappa shape index (κ3) is 7.90. The maximum Gasteiger partial charge on any atom is 0.269 e. The van der Waals surface area contributed by atoms with Crippen LogP contribution in [0.4, 0.5) is 11.4 Å². The monoisotopic (exact) mass is 525 g/mol. The van der Waals surface area contributed by atoms with E-state index in [1.165, 1.54) is 24.3 Å². The molecule has 0 bridgehead atoms. The van der Waals surface area contributed by atoms with Gasteiger partial charge in [0.05, 0.1) is 10.6 Å². The minimum atomic E-state index is -0.888. The molecule has 12 heteroatoms. The molecule has 1 heterocycles. The highest BCUT2D eigenvalue weighted by Crippen LogP contribution is 2.28. The lowest BCUT2D eigenvalue weighted by Crippen LogP contribution is -2.66. The second-order valence-electron chi connectivity index (χ2n) is 9.31. The second-order valence-corrected chi connectivity index (χ2v) is 9.31. The van der Waals surface area contributed by atoms with Crippen LogP contribution in [0, 0.1) is 15.5 Å². The summed E-state index contributed by atoms with van der Waals surface area (Å²) in [6.45, 7) is 2.70. The lowest BCUT2D eigenvalue weighted by Gasteiger charge is -2.48. The standard InChI is InChI=1S/C26H35N7O5/c1-26(15-5-6-17-30-26)32(23(34)18-38-21-8-3-2-4-9-21)22(10-7-16-29-25(27)28)24(35)31-19-11-13-20(14-12-19)33(36)37/h2-4,8-9,11-14,22,30H,5-7,10,15-18H2,1H3,(H,31,35)(H4,27,28,29)/t22-,26?/m0/s1. The Morgan fingerprint density at radius 1 is 1.21 bits per heavy atom. The Bertz CT molecular complexity index is 1100. The number of nitrogens with one attached hydrogen (secondary N) is 4. The van der Waals surface area contributed by atoms with Crippen LogP contribution in [-0.4, -0.2) is 59.0 Å². The molecule has 2 atom stereocenters. The molecular weight excluding hydrogens is 490 g/mol. The van der Waals surface area contributed by atoms with Crippen molar-refractivity contribution in [3.63, 3.8) is 0 Å². The van der Waals surface area contributed by atoms with Gasteiger partial charge in [-0.3, -0.25) is 30.4 Å². The zero-order valence-electron chi connectivity index (χ0n) is 21.4. The summed E-state index contributed by atoms with van der Waals surface area (Å²) in [4.78, 5) is 39.4. The van der Waals surface area contributed by atoms with Gasteiger partial charge in [-0.05, 0) is 69.8 Å². The van der Waals surface area contributed by atoms with Crippen molar-refractivity contribution in [1.29, 1.82) is 5.41 Å². The molecule has 2 amide bonds. The molecule has 1 unspecified atom stereocenters. The van der Waals surface area contributed by atoms with Crippen molar-refractivity contribution >= 4 is 29.1 Å². The van der Waals surface area contributed by atoms with Gasteiger partial charge in [0.2, 0.25) is 5.91 Å². The molecule has 12 nitrogen and oxygen atoms in total. The summed E-state index contributed by atoms with van der Waals surface area (Å²) >= 11 is 0. The molecule has 38 heavy (non-hydrogen) atoms. The number of benzene rings is 2. The number of amides is 2. The number of carbonyl (C=O) groups excluding carboxylic acids is 2. The van der Waals surface area contributed by atoms with Gasteiger partial charge in [-0.25, -0.2) is 0 Å². The predicted molar refractivity (Wildman–Crippen MR) is 144 cm³/mol. The first kappa shape index (κ1) is 28.4. The Morgan fingerprint density at radius 3 is 2.53 bits per heavy atom. The van der Waals surface area contributed by atoms with E-state index in [9.17, 15) is 19.7 Å². The topological polar surface area (TPSA) is 176 Å². The van der Waals surface area contributed by atoms with E-state index in [0.717, 1.165) is 12.8 Å². The maximum absolute atomic E-state index is 13.7. The predicted octanol–water partition coefficient (Wildman–Crippen LogP) is 2.56. The number of guanidine groups is 1. The molecule has 1 aliphatic heterocycles. The Morgan fingerprint density at radius 2 is 1.92 bits per heavy atom. The first-order valence-electron chi connectivity index (χ1n) is 12.6. The van der Waals surface area contributed by atoms with E-state index in [1.54, 1.807) is 17.0 Å². The summed E-state index contributed by atoms with van der Waals surface area (Å²) < 4.78 is 5.75. The van der Waals surface area contributed by atoms with Crippen LogP contribution in [-0.2, 0) is 9.59 Å². The number of piperidine rings is 1. The number of ether oxygens (including phenoxy) is 1. The van der Waals surface area contributed by atoms with E-state index >= 15 is 0 Å². The number of para-hydroxylation sites is 1. The van der Waals surface area contributed by atoms with Gasteiger partial charge >= 0.3 is 0 Å². The summed E-state index contributed by atoms with van der Waals surface area (Å²) in [5.41, 5.74) is 4.89. The molecule has 0 radical (unpaired) electrons. The van der Waals surface area contributed by atoms with Crippen LogP contribution in [0.3, 0.4) is 0 Å². The first-order chi connectivity index (χ1) is 18.2. The number of nitro groups is 1. The van der Waals surface area contributed by atoms with E-state index in [1.807, 2.05) is 25.1 Å². The molecule has 1 fully saturated rings. The van der Waals surface area contributed by atoms with Gasteiger partial charge in [-0.1, -0.05) is 18.2 Å². The third-order valence-corrected chi connectivity index (χ3v) is 6.43. The average Bonchev–Trinajstić information content (AvgIpc) is 2.90. The van der Waals surface area contributed by atoms with Gasteiger partial charge < -0.3 is 26.0 Å². The van der Waals surface area contributed by atoms with Crippen LogP contribution in [0.2, 0.25) is 0 Å². The average molecular weight is 526 g/mol. The SMILES string of the molecule is CC1(N(C(=O)COc2ccccc2)[C@@H](CCCNC(=N)N)C(=O)Nc2ccc([N+](=O)[O-])cc2)CCCCN1. The third-order valence-electron chi connectivity index (χ3n) is 6.43. The van der Waals surface area contributed by atoms with Crippen molar-refractivity contribution < 1.29 is 19.2 Å². The Labute approximate surface area is 221 Å². The summed E-state index contributed by atoms with van der Waals surface area (Å²) in [5.74, 6) is -0.417. The fraction of sp³-hybridized carbons (Fsp3) is 0.423. The van der Waals surface area contributed by atoms with Crippen molar-refractivity contribution in [3.8, 4) is 5.75 Å². The van der Waals surface area contributed by atoms with Crippen LogP contribution in [0.5, 0.6) is 5.75 Å². The van der Waals surface area contributed by atoms with E-state index in [4.69, 9.17) is 15.9 Å². The van der Waals surface area contributed by atoms with Crippen LogP contribution >= 0.6 is 0 Å². The van der Waals surface area contributed by atoms with Crippen LogP contribution in [0.25, 0.3) is 0 Å². The largest absolute Gasteiger partial charge is 0.484 e. The fourth-order valence-corrected chi connectivity index (χ4v) is 4.56. The molecule has 204 valence electrons. The zero-order chi connectivity index (χ0) is 27.5. The van der Waals surface area contributed by atoms with Gasteiger partial charge in [0.15, 0.2) is 12.6 Å². The van der Waals surface area contributed by atoms with E-state index in [0.29, 0.717) is 37.4 Å². The molecule has 3 rings (SSSR count). The highest BCUT2D eigenvalue weighted by molar-refractivity contribution is 5.97. The summed E-state index contributed by atoms with van der Waals surface area (Å²) in [7, 11) is 0. The highest BCUT2D eigenvalue weighted by atomic mass is 16.6. The van der Waals surface area contributed by atoms with Crippen LogP contribution in [0.1, 0.15) is 39.0 Å². The van der Waals surface area contributed by atoms with Crippen molar-refractivity contribution in [2.45, 2.75) is 50.7 Å². The summed E-state index contributed by atoms with van der Waals surface area (Å²) in [6.07, 6.45) is 3.23. The normalized spacial score (nSPS) is 17.6. The smallest absolute Gasteiger partial charge is 0.269 e. The van der Waals surface area contributed by atoms with E-state index in [2.05, 4.69) is 16.0 Å². The van der Waals surface area contributed by atoms with Crippen molar-refractivity contribution in [1.82, 2.24) is 15.5 Å². The summed E-state index contributed by atoms with van der Waals surface area (Å²) in [5, 5.41) is 27.4. The fourth-order valence-electron chi connectivity index (χ4n) is 4.56. The van der Waals surface area contributed by atoms with E-state index < -0.39 is 22.5 Å². The van der Waals surface area contributed by atoms with Crippen LogP contribution in [0.15, 0.2) is 54.6 Å². The highest BCUT2D eigenvalue weighted by Gasteiger charge is 2.43. The molecule has 0 saturated carbocycles.